The van der Waals surface area contributed by atoms with Crippen molar-refractivity contribution in [2.24, 2.45) is 7.05 Å². The number of nitrogens with one attached hydrogen (secondary N) is 2. The Labute approximate surface area is 245 Å². The predicted molar refractivity (Wildman–Crippen MR) is 166 cm³/mol. The van der Waals surface area contributed by atoms with Crippen LogP contribution < -0.4 is 21.1 Å². The highest BCUT2D eigenvalue weighted by molar-refractivity contribution is 7.18. The number of carbonyl (C=O) groups excluding carboxylic acids is 2. The van der Waals surface area contributed by atoms with Crippen molar-refractivity contribution >= 4 is 67.7 Å². The molecule has 11 heteroatoms. The molecule has 0 unspecified atom stereocenters. The van der Waals surface area contributed by atoms with E-state index in [-0.39, 0.29) is 24.8 Å². The van der Waals surface area contributed by atoms with Crippen LogP contribution in [0.3, 0.4) is 0 Å². The van der Waals surface area contributed by atoms with Gasteiger partial charge in [-0.1, -0.05) is 24.3 Å². The number of nitrogen functional groups attached to an aromatic ring is 1. The first kappa shape index (κ1) is 28.4. The number of hydrogen-bond donors (Lipinski definition) is 4. The fourth-order valence-corrected chi connectivity index (χ4v) is 5.83. The lowest BCUT2D eigenvalue weighted by Gasteiger charge is -2.13. The minimum atomic E-state index is -0.901. The topological polar surface area (TPSA) is 149 Å². The van der Waals surface area contributed by atoms with Gasteiger partial charge in [0, 0.05) is 64.4 Å². The number of carbonyl (C=O) groups is 3. The molecule has 5 N–H and O–H groups in total. The SMILES string of the molecule is COc1cc(-c2csc3c(/C=C/C(=O)NCCCC(=O)O)cnc(N)c23)ccc1NC(=O)c1cc2ccccc2n1C. The minimum absolute atomic E-state index is 0.00712. The second-order valence-electron chi connectivity index (χ2n) is 9.59. The van der Waals surface area contributed by atoms with E-state index in [0.29, 0.717) is 29.4 Å². The van der Waals surface area contributed by atoms with Gasteiger partial charge in [-0.25, -0.2) is 4.98 Å². The molecule has 0 saturated heterocycles. The number of pyridine rings is 1. The summed E-state index contributed by atoms with van der Waals surface area (Å²) < 4.78 is 8.36. The molecular weight excluding hydrogens is 554 g/mol. The van der Waals surface area contributed by atoms with E-state index in [1.54, 1.807) is 25.4 Å². The molecule has 0 fully saturated rings. The molecule has 0 atom stereocenters. The van der Waals surface area contributed by atoms with E-state index in [2.05, 4.69) is 15.6 Å². The Morgan fingerprint density at radius 1 is 1.17 bits per heavy atom. The Morgan fingerprint density at radius 2 is 1.98 bits per heavy atom. The summed E-state index contributed by atoms with van der Waals surface area (Å²) in [5.41, 5.74) is 10.7. The number of aromatic nitrogens is 2. The monoisotopic (exact) mass is 583 g/mol. The minimum Gasteiger partial charge on any atom is -0.495 e. The fraction of sp³-hybridized carbons (Fsp3) is 0.161. The molecule has 0 saturated carbocycles. The van der Waals surface area contributed by atoms with E-state index >= 15 is 0 Å². The highest BCUT2D eigenvalue weighted by Crippen LogP contribution is 2.41. The molecule has 10 nitrogen and oxygen atoms in total. The van der Waals surface area contributed by atoms with Crippen LogP contribution in [0.25, 0.3) is 38.2 Å². The van der Waals surface area contributed by atoms with Crippen LogP contribution >= 0.6 is 11.3 Å². The maximum atomic E-state index is 13.2. The number of para-hydroxylation sites is 1. The highest BCUT2D eigenvalue weighted by atomic mass is 32.1. The van der Waals surface area contributed by atoms with Gasteiger partial charge < -0.3 is 30.8 Å². The predicted octanol–water partition coefficient (Wildman–Crippen LogP) is 5.29. The van der Waals surface area contributed by atoms with Gasteiger partial charge in [-0.05, 0) is 47.7 Å². The molecule has 0 bridgehead atoms. The van der Waals surface area contributed by atoms with Crippen molar-refractivity contribution in [2.45, 2.75) is 12.8 Å². The number of benzene rings is 2. The number of fused-ring (bicyclic) bond motifs is 2. The molecule has 3 heterocycles. The maximum Gasteiger partial charge on any atom is 0.303 e. The van der Waals surface area contributed by atoms with Gasteiger partial charge in [0.05, 0.1) is 12.8 Å². The van der Waals surface area contributed by atoms with Crippen molar-refractivity contribution in [3.8, 4) is 16.9 Å². The number of anilines is 2. The standard InChI is InChI=1S/C31H29N5O5S/c1-36-23-7-4-3-6-19(23)14-24(36)31(40)35-22-11-9-18(15-25(22)41-2)21-17-42-29-20(16-34-30(32)28(21)29)10-12-26(37)33-13-5-8-27(38)39/h3-4,6-7,9-12,14-17H,5,8,13H2,1-2H3,(H2,32,34)(H,33,37)(H,35,40)(H,38,39)/b12-10+. The zero-order chi connectivity index (χ0) is 29.8. The first-order chi connectivity index (χ1) is 20.3. The number of carboxylic acids is 1. The molecule has 3 aromatic heterocycles. The van der Waals surface area contributed by atoms with Crippen molar-refractivity contribution in [1.29, 1.82) is 0 Å². The number of nitrogens with zero attached hydrogens (tertiary/aromatic N) is 2. The number of rotatable bonds is 10. The van der Waals surface area contributed by atoms with Crippen LogP contribution in [0, 0.1) is 0 Å². The number of amides is 2. The van der Waals surface area contributed by atoms with Crippen LogP contribution in [0.2, 0.25) is 0 Å². The van der Waals surface area contributed by atoms with Gasteiger partial charge in [0.15, 0.2) is 0 Å². The lowest BCUT2D eigenvalue weighted by molar-refractivity contribution is -0.137. The number of hydrogen-bond acceptors (Lipinski definition) is 7. The van der Waals surface area contributed by atoms with Gasteiger partial charge in [0.2, 0.25) is 5.91 Å². The zero-order valence-corrected chi connectivity index (χ0v) is 23.8. The molecule has 5 rings (SSSR count). The van der Waals surface area contributed by atoms with Crippen molar-refractivity contribution in [1.82, 2.24) is 14.9 Å². The zero-order valence-electron chi connectivity index (χ0n) is 23.0. The summed E-state index contributed by atoms with van der Waals surface area (Å²) in [6.45, 7) is 0.272. The number of aryl methyl sites for hydroxylation is 1. The number of carboxylic acid groups (broad SMARTS) is 1. The van der Waals surface area contributed by atoms with Gasteiger partial charge in [0.25, 0.3) is 5.91 Å². The quantitative estimate of drug-likeness (QED) is 0.129. The summed E-state index contributed by atoms with van der Waals surface area (Å²) in [5.74, 6) is -0.643. The third-order valence-corrected chi connectivity index (χ3v) is 7.91. The number of aliphatic carboxylic acids is 1. The molecule has 42 heavy (non-hydrogen) atoms. The Balaban J connectivity index is 1.38. The third-order valence-electron chi connectivity index (χ3n) is 6.88. The summed E-state index contributed by atoms with van der Waals surface area (Å²) in [4.78, 5) is 40.4. The normalized spacial score (nSPS) is 11.3. The summed E-state index contributed by atoms with van der Waals surface area (Å²) in [6.07, 6.45) is 5.01. The van der Waals surface area contributed by atoms with Gasteiger partial charge in [0.1, 0.15) is 17.3 Å². The molecule has 2 amide bonds. The molecule has 0 aliphatic carbocycles. The van der Waals surface area contributed by atoms with E-state index in [9.17, 15) is 14.4 Å². The van der Waals surface area contributed by atoms with Gasteiger partial charge in [-0.3, -0.25) is 14.4 Å². The highest BCUT2D eigenvalue weighted by Gasteiger charge is 2.18. The fourth-order valence-electron chi connectivity index (χ4n) is 4.75. The number of thiophene rings is 1. The number of nitrogens with two attached hydrogens (primary N) is 1. The molecule has 0 aliphatic rings. The van der Waals surface area contributed by atoms with Crippen LogP contribution in [0.15, 0.2) is 66.2 Å². The van der Waals surface area contributed by atoms with Crippen LogP contribution in [0.1, 0.15) is 28.9 Å². The number of methoxy groups -OCH3 is 1. The largest absolute Gasteiger partial charge is 0.495 e. The average Bonchev–Trinajstić information content (AvgIpc) is 3.58. The Morgan fingerprint density at radius 3 is 2.74 bits per heavy atom. The van der Waals surface area contributed by atoms with Gasteiger partial charge >= 0.3 is 5.97 Å². The molecule has 0 aliphatic heterocycles. The second kappa shape index (κ2) is 12.1. The van der Waals surface area contributed by atoms with E-state index in [1.807, 2.05) is 59.5 Å². The summed E-state index contributed by atoms with van der Waals surface area (Å²) in [7, 11) is 3.40. The molecule has 0 spiro atoms. The second-order valence-corrected chi connectivity index (χ2v) is 10.5. The summed E-state index contributed by atoms with van der Waals surface area (Å²) >= 11 is 1.47. The van der Waals surface area contributed by atoms with E-state index in [1.165, 1.54) is 17.4 Å². The van der Waals surface area contributed by atoms with Crippen LogP contribution in [0.4, 0.5) is 11.5 Å². The van der Waals surface area contributed by atoms with Crippen molar-refractivity contribution in [3.63, 3.8) is 0 Å². The maximum absolute atomic E-state index is 13.2. The first-order valence-corrected chi connectivity index (χ1v) is 14.0. The average molecular weight is 584 g/mol. The Bertz CT molecular complexity index is 1860. The summed E-state index contributed by atoms with van der Waals surface area (Å²) in [5, 5.41) is 18.1. The summed E-state index contributed by atoms with van der Waals surface area (Å²) in [6, 6.07) is 15.2. The molecular formula is C31H29N5O5S. The Kier molecular flexibility index (Phi) is 8.21. The van der Waals surface area contributed by atoms with E-state index < -0.39 is 5.97 Å². The van der Waals surface area contributed by atoms with E-state index in [4.69, 9.17) is 15.6 Å². The smallest absolute Gasteiger partial charge is 0.303 e. The molecule has 0 radical (unpaired) electrons. The van der Waals surface area contributed by atoms with E-state index in [0.717, 1.165) is 37.7 Å². The van der Waals surface area contributed by atoms with Gasteiger partial charge in [-0.2, -0.15) is 0 Å². The molecule has 2 aromatic carbocycles. The van der Waals surface area contributed by atoms with Gasteiger partial charge in [-0.15, -0.1) is 11.3 Å². The van der Waals surface area contributed by atoms with Crippen molar-refractivity contribution in [2.75, 3.05) is 24.7 Å². The Hall–Kier alpha value is -5.16. The molecule has 5 aromatic rings. The van der Waals surface area contributed by atoms with Crippen LogP contribution in [0.5, 0.6) is 5.75 Å². The first-order valence-electron chi connectivity index (χ1n) is 13.1. The third kappa shape index (κ3) is 5.81. The number of ether oxygens (including phenoxy) is 1. The lowest BCUT2D eigenvalue weighted by atomic mass is 10.0. The van der Waals surface area contributed by atoms with Crippen LogP contribution in [-0.4, -0.2) is 46.1 Å². The lowest BCUT2D eigenvalue weighted by Crippen LogP contribution is -2.22. The van der Waals surface area contributed by atoms with Crippen molar-refractivity contribution < 1.29 is 24.2 Å². The van der Waals surface area contributed by atoms with Crippen LogP contribution in [-0.2, 0) is 16.6 Å². The molecule has 214 valence electrons. The van der Waals surface area contributed by atoms with Crippen molar-refractivity contribution in [3.05, 3.63) is 77.4 Å².